The summed E-state index contributed by atoms with van der Waals surface area (Å²) in [4.78, 5) is 0. The Balaban J connectivity index is 1.95. The van der Waals surface area contributed by atoms with Gasteiger partial charge in [-0.05, 0) is 39.0 Å². The molecule has 0 spiro atoms. The van der Waals surface area contributed by atoms with Crippen molar-refractivity contribution in [3.63, 3.8) is 0 Å². The van der Waals surface area contributed by atoms with E-state index in [1.807, 2.05) is 21.6 Å². The van der Waals surface area contributed by atoms with Gasteiger partial charge >= 0.3 is 0 Å². The van der Waals surface area contributed by atoms with Crippen LogP contribution < -0.4 is 0 Å². The quantitative estimate of drug-likeness (QED) is 0.118. The molecule has 0 heterocycles. The van der Waals surface area contributed by atoms with E-state index in [0.717, 1.165) is 24.7 Å². The Morgan fingerprint density at radius 1 is 0.767 bits per heavy atom. The number of unbranched alkanes of at least 4 members (excludes halogenated alkanes) is 9. The molecule has 2 nitrogen and oxygen atoms in total. The first-order valence-electron chi connectivity index (χ1n) is 13.2. The van der Waals surface area contributed by atoms with E-state index in [2.05, 4.69) is 27.7 Å². The van der Waals surface area contributed by atoms with Crippen LogP contribution in [0.1, 0.15) is 124 Å². The predicted octanol–water partition coefficient (Wildman–Crippen LogP) is 9.07. The first-order valence-corrected chi connectivity index (χ1v) is 15.7. The maximum atomic E-state index is 6.27. The Morgan fingerprint density at radius 3 is 1.90 bits per heavy atom. The van der Waals surface area contributed by atoms with Crippen LogP contribution in [0, 0.1) is 5.92 Å². The molecule has 0 aromatic heterocycles. The van der Waals surface area contributed by atoms with Crippen molar-refractivity contribution in [3.05, 3.63) is 0 Å². The van der Waals surface area contributed by atoms with E-state index in [0.29, 0.717) is 6.10 Å². The van der Waals surface area contributed by atoms with E-state index in [-0.39, 0.29) is 12.2 Å². The molecule has 30 heavy (non-hydrogen) atoms. The largest absolute Gasteiger partial charge is 0.375 e. The minimum atomic E-state index is 0.264. The van der Waals surface area contributed by atoms with Crippen LogP contribution in [0.15, 0.2) is 0 Å². The molecule has 2 atom stereocenters. The van der Waals surface area contributed by atoms with Crippen LogP contribution in [0.5, 0.6) is 0 Å². The van der Waals surface area contributed by atoms with Crippen LogP contribution in [0.2, 0.25) is 0 Å². The summed E-state index contributed by atoms with van der Waals surface area (Å²) in [7, 11) is 4.03. The van der Waals surface area contributed by atoms with Crippen LogP contribution in [-0.4, -0.2) is 36.4 Å². The fraction of sp³-hybridized carbons (Fsp3) is 1.00. The number of ether oxygens (including phenoxy) is 2. The minimum absolute atomic E-state index is 0.264. The summed E-state index contributed by atoms with van der Waals surface area (Å²) in [6, 6.07) is 0. The average Bonchev–Trinajstić information content (AvgIpc) is 2.69. The van der Waals surface area contributed by atoms with Gasteiger partial charge in [0.2, 0.25) is 0 Å². The summed E-state index contributed by atoms with van der Waals surface area (Å²) in [5, 5.41) is 0. The van der Waals surface area contributed by atoms with Crippen LogP contribution in [0.4, 0.5) is 0 Å². The van der Waals surface area contributed by atoms with Gasteiger partial charge in [0.15, 0.2) is 0 Å². The summed E-state index contributed by atoms with van der Waals surface area (Å²) in [5.41, 5.74) is 0. The highest BCUT2D eigenvalue weighted by Gasteiger charge is 2.28. The number of rotatable bonds is 22. The van der Waals surface area contributed by atoms with Gasteiger partial charge in [0.1, 0.15) is 0 Å². The Bertz CT molecular complexity index is 361. The lowest BCUT2D eigenvalue weighted by atomic mass is 9.80. The molecular weight excluding hydrogens is 408 g/mol. The summed E-state index contributed by atoms with van der Waals surface area (Å²) in [6.45, 7) is 9.70. The van der Waals surface area contributed by atoms with Gasteiger partial charge in [0, 0.05) is 11.5 Å². The highest BCUT2D eigenvalue weighted by atomic mass is 33.1. The molecule has 1 saturated carbocycles. The molecule has 0 aromatic carbocycles. The second kappa shape index (κ2) is 20.2. The zero-order chi connectivity index (χ0) is 21.9. The van der Waals surface area contributed by atoms with Crippen molar-refractivity contribution in [2.45, 2.75) is 142 Å². The second-order valence-electron chi connectivity index (χ2n) is 9.40. The summed E-state index contributed by atoms with van der Waals surface area (Å²) >= 11 is 0. The standard InChI is InChI=1S/C26H52O2S2/c1-5-7-8-9-10-11-12-13-14-15-20-29-30-21-19-27-25(6-2)26(28-23(3)4)22-24-17-16-18-24/h23-26H,5-22H2,1-4H3. The third kappa shape index (κ3) is 15.4. The molecule has 0 amide bonds. The van der Waals surface area contributed by atoms with Crippen molar-refractivity contribution < 1.29 is 9.47 Å². The van der Waals surface area contributed by atoms with Crippen LogP contribution >= 0.6 is 21.6 Å². The molecule has 0 N–H and O–H groups in total. The van der Waals surface area contributed by atoms with E-state index < -0.39 is 0 Å². The Hall–Kier alpha value is 0.620. The molecule has 1 aliphatic carbocycles. The van der Waals surface area contributed by atoms with Crippen molar-refractivity contribution in [1.29, 1.82) is 0 Å². The van der Waals surface area contributed by atoms with Gasteiger partial charge in [-0.25, -0.2) is 0 Å². The van der Waals surface area contributed by atoms with E-state index in [1.54, 1.807) is 0 Å². The lowest BCUT2D eigenvalue weighted by Crippen LogP contribution is -2.36. The fourth-order valence-electron chi connectivity index (χ4n) is 4.19. The Kier molecular flexibility index (Phi) is 19.3. The van der Waals surface area contributed by atoms with Crippen molar-refractivity contribution in [3.8, 4) is 0 Å². The van der Waals surface area contributed by atoms with Crippen molar-refractivity contribution >= 4 is 21.6 Å². The normalized spacial score (nSPS) is 16.7. The fourth-order valence-corrected chi connectivity index (χ4v) is 6.18. The zero-order valence-corrected chi connectivity index (χ0v) is 22.3. The predicted molar refractivity (Wildman–Crippen MR) is 139 cm³/mol. The SMILES string of the molecule is CCCCCCCCCCCCSSCCOC(CC)C(CC1CCC1)OC(C)C. The summed E-state index contributed by atoms with van der Waals surface area (Å²) in [6.07, 6.45) is 21.5. The van der Waals surface area contributed by atoms with E-state index in [9.17, 15) is 0 Å². The molecule has 0 aromatic rings. The average molecular weight is 461 g/mol. The summed E-state index contributed by atoms with van der Waals surface area (Å²) < 4.78 is 12.5. The first kappa shape index (κ1) is 28.7. The van der Waals surface area contributed by atoms with Gasteiger partial charge in [-0.1, -0.05) is 112 Å². The molecule has 0 bridgehead atoms. The lowest BCUT2D eigenvalue weighted by Gasteiger charge is -2.34. The third-order valence-corrected chi connectivity index (χ3v) is 8.67. The zero-order valence-electron chi connectivity index (χ0n) is 20.7. The molecule has 0 radical (unpaired) electrons. The van der Waals surface area contributed by atoms with E-state index in [4.69, 9.17) is 9.47 Å². The molecular formula is C26H52O2S2. The Labute approximate surface area is 197 Å². The van der Waals surface area contributed by atoms with Gasteiger partial charge in [0.05, 0.1) is 24.9 Å². The molecule has 1 aliphatic rings. The monoisotopic (exact) mass is 460 g/mol. The van der Waals surface area contributed by atoms with Crippen LogP contribution in [0.25, 0.3) is 0 Å². The molecule has 1 fully saturated rings. The maximum Gasteiger partial charge on any atom is 0.0842 e. The summed E-state index contributed by atoms with van der Waals surface area (Å²) in [5.74, 6) is 3.26. The van der Waals surface area contributed by atoms with Gasteiger partial charge in [-0.15, -0.1) is 0 Å². The van der Waals surface area contributed by atoms with Gasteiger partial charge < -0.3 is 9.47 Å². The van der Waals surface area contributed by atoms with Crippen molar-refractivity contribution in [2.24, 2.45) is 5.92 Å². The highest BCUT2D eigenvalue weighted by molar-refractivity contribution is 8.76. The maximum absolute atomic E-state index is 6.27. The molecule has 0 aliphatic heterocycles. The molecule has 2 unspecified atom stereocenters. The van der Waals surface area contributed by atoms with Crippen LogP contribution in [0.3, 0.4) is 0 Å². The van der Waals surface area contributed by atoms with Crippen molar-refractivity contribution in [2.75, 3.05) is 18.1 Å². The third-order valence-electron chi connectivity index (χ3n) is 6.22. The Morgan fingerprint density at radius 2 is 1.37 bits per heavy atom. The number of hydrogen-bond acceptors (Lipinski definition) is 4. The molecule has 4 heteroatoms. The van der Waals surface area contributed by atoms with Crippen LogP contribution in [-0.2, 0) is 9.47 Å². The second-order valence-corrected chi connectivity index (χ2v) is 12.1. The highest BCUT2D eigenvalue weighted by Crippen LogP contribution is 2.33. The number of hydrogen-bond donors (Lipinski definition) is 0. The molecule has 1 rings (SSSR count). The first-order chi connectivity index (χ1) is 14.7. The van der Waals surface area contributed by atoms with E-state index in [1.165, 1.54) is 95.6 Å². The van der Waals surface area contributed by atoms with Gasteiger partial charge in [-0.3, -0.25) is 0 Å². The minimum Gasteiger partial charge on any atom is -0.375 e. The molecule has 180 valence electrons. The van der Waals surface area contributed by atoms with E-state index >= 15 is 0 Å². The van der Waals surface area contributed by atoms with Gasteiger partial charge in [0.25, 0.3) is 0 Å². The van der Waals surface area contributed by atoms with Crippen molar-refractivity contribution in [1.82, 2.24) is 0 Å². The van der Waals surface area contributed by atoms with Gasteiger partial charge in [-0.2, -0.15) is 0 Å². The topological polar surface area (TPSA) is 18.5 Å². The lowest BCUT2D eigenvalue weighted by molar-refractivity contribution is -0.103. The smallest absolute Gasteiger partial charge is 0.0842 e. The molecule has 0 saturated heterocycles.